The van der Waals surface area contributed by atoms with Gasteiger partial charge in [-0.2, -0.15) is 0 Å². The van der Waals surface area contributed by atoms with E-state index in [4.69, 9.17) is 21.1 Å². The molecule has 1 amide bonds. The summed E-state index contributed by atoms with van der Waals surface area (Å²) in [6.45, 7) is 7.88. The van der Waals surface area contributed by atoms with Crippen molar-refractivity contribution in [3.05, 3.63) is 51.7 Å². The number of aromatic nitrogens is 3. The number of nitrogens with one attached hydrogen (secondary N) is 1. The van der Waals surface area contributed by atoms with Crippen LogP contribution in [0, 0.1) is 17.8 Å². The topological polar surface area (TPSA) is 116 Å². The van der Waals surface area contributed by atoms with Crippen LogP contribution in [0.2, 0.25) is 5.02 Å². The van der Waals surface area contributed by atoms with E-state index in [0.29, 0.717) is 41.0 Å². The van der Waals surface area contributed by atoms with Gasteiger partial charge in [0, 0.05) is 37.1 Å². The Labute approximate surface area is 237 Å². The molecule has 0 bridgehead atoms. The van der Waals surface area contributed by atoms with E-state index in [2.05, 4.69) is 27.1 Å². The minimum absolute atomic E-state index is 0.0245. The average molecular weight is 566 g/mol. The van der Waals surface area contributed by atoms with Gasteiger partial charge in [0.25, 0.3) is 5.56 Å². The van der Waals surface area contributed by atoms with Crippen molar-refractivity contribution < 1.29 is 19.1 Å². The zero-order valence-corrected chi connectivity index (χ0v) is 24.0. The number of anilines is 2. The molecule has 1 saturated heterocycles. The molecule has 210 valence electrons. The number of likely N-dealkylation sites (tertiary alicyclic amines) is 1. The summed E-state index contributed by atoms with van der Waals surface area (Å²) in [6.07, 6.45) is 2.85. The van der Waals surface area contributed by atoms with Crippen molar-refractivity contribution in [2.24, 2.45) is 13.0 Å². The molecule has 10 nitrogen and oxygen atoms in total. The van der Waals surface area contributed by atoms with Gasteiger partial charge in [0.1, 0.15) is 17.2 Å². The molecule has 2 aromatic heterocycles. The minimum atomic E-state index is -0.552. The van der Waals surface area contributed by atoms with E-state index in [1.165, 1.54) is 17.7 Å². The number of piperidine rings is 1. The molecule has 11 heteroatoms. The minimum Gasteiger partial charge on any atom is -0.480 e. The number of hydrogen-bond donors (Lipinski definition) is 1. The average Bonchev–Trinajstić information content (AvgIpc) is 2.89. The number of pyridine rings is 1. The fraction of sp³-hybridized carbons (Fsp3) is 0.414. The third-order valence-corrected chi connectivity index (χ3v) is 6.37. The molecule has 0 aliphatic carbocycles. The smallest absolute Gasteiger partial charge is 0.410 e. The van der Waals surface area contributed by atoms with Crippen molar-refractivity contribution in [3.8, 4) is 17.6 Å². The van der Waals surface area contributed by atoms with Gasteiger partial charge < -0.3 is 24.3 Å². The van der Waals surface area contributed by atoms with Crippen LogP contribution in [0.5, 0.6) is 5.75 Å². The Hall–Kier alpha value is -4.10. The first kappa shape index (κ1) is 28.9. The second-order valence-corrected chi connectivity index (χ2v) is 11.1. The van der Waals surface area contributed by atoms with Crippen LogP contribution in [0.25, 0.3) is 10.9 Å². The summed E-state index contributed by atoms with van der Waals surface area (Å²) in [5.41, 5.74) is 0.481. The van der Waals surface area contributed by atoms with Crippen molar-refractivity contribution in [2.75, 3.05) is 25.0 Å². The second kappa shape index (κ2) is 12.0. The van der Waals surface area contributed by atoms with Crippen LogP contribution in [-0.4, -0.2) is 56.6 Å². The number of carbonyl (C=O) groups is 2. The van der Waals surface area contributed by atoms with Crippen LogP contribution in [0.15, 0.2) is 35.3 Å². The summed E-state index contributed by atoms with van der Waals surface area (Å²) in [5.74, 6) is 6.76. The standard InChI is InChI=1S/C29H32ClN5O5/c1-18(36)17-39-24-14-20-13-21(9-10-23(20)34(5)27(24)37)32-26-22(30)15-31-25(33-26)11-8-19-7-6-12-35(16-19)28(38)40-29(2,3)4/h9-10,13-15,19H,6-7,12,16-17H2,1-5H3,(H,31,32,33). The number of carbonyl (C=O) groups excluding carboxylic acids is 2. The predicted octanol–water partition coefficient (Wildman–Crippen LogP) is 4.69. The number of ketones is 1. The molecule has 40 heavy (non-hydrogen) atoms. The van der Waals surface area contributed by atoms with Crippen molar-refractivity contribution in [1.82, 2.24) is 19.4 Å². The highest BCUT2D eigenvalue weighted by Crippen LogP contribution is 2.26. The van der Waals surface area contributed by atoms with Gasteiger partial charge >= 0.3 is 6.09 Å². The Morgan fingerprint density at radius 1 is 1.25 bits per heavy atom. The lowest BCUT2D eigenvalue weighted by Crippen LogP contribution is -2.42. The van der Waals surface area contributed by atoms with Crippen LogP contribution in [0.3, 0.4) is 0 Å². The summed E-state index contributed by atoms with van der Waals surface area (Å²) < 4.78 is 12.4. The zero-order chi connectivity index (χ0) is 29.0. The molecule has 1 N–H and O–H groups in total. The van der Waals surface area contributed by atoms with Gasteiger partial charge in [-0.05, 0) is 70.7 Å². The van der Waals surface area contributed by atoms with Crippen molar-refractivity contribution >= 4 is 45.9 Å². The molecule has 3 aromatic rings. The highest BCUT2D eigenvalue weighted by molar-refractivity contribution is 6.32. The van der Waals surface area contributed by atoms with Crippen LogP contribution < -0.4 is 15.6 Å². The molecular formula is C29H32ClN5O5. The Bertz CT molecular complexity index is 1570. The van der Waals surface area contributed by atoms with E-state index >= 15 is 0 Å². The van der Waals surface area contributed by atoms with Gasteiger partial charge in [-0.25, -0.2) is 14.8 Å². The number of amides is 1. The first-order valence-electron chi connectivity index (χ1n) is 12.9. The van der Waals surface area contributed by atoms with E-state index in [1.807, 2.05) is 26.8 Å². The Morgan fingerprint density at radius 3 is 2.75 bits per heavy atom. The summed E-state index contributed by atoms with van der Waals surface area (Å²) >= 11 is 6.37. The van der Waals surface area contributed by atoms with Crippen LogP contribution >= 0.6 is 11.6 Å². The number of nitrogens with zero attached hydrogens (tertiary/aromatic N) is 4. The molecule has 1 aliphatic rings. The van der Waals surface area contributed by atoms with E-state index in [1.54, 1.807) is 30.1 Å². The van der Waals surface area contributed by atoms with E-state index < -0.39 is 5.60 Å². The number of Topliss-reactive ketones (excluding diaryl/α,β-unsaturated/α-hetero) is 1. The maximum Gasteiger partial charge on any atom is 0.410 e. The van der Waals surface area contributed by atoms with Gasteiger partial charge in [0.05, 0.1) is 11.7 Å². The number of ether oxygens (including phenoxy) is 2. The zero-order valence-electron chi connectivity index (χ0n) is 23.2. The number of aryl methyl sites for hydroxylation is 1. The third-order valence-electron chi connectivity index (χ3n) is 6.09. The van der Waals surface area contributed by atoms with E-state index in [-0.39, 0.29) is 35.7 Å². The van der Waals surface area contributed by atoms with Crippen molar-refractivity contribution in [2.45, 2.75) is 46.1 Å². The molecule has 0 radical (unpaired) electrons. The maximum absolute atomic E-state index is 12.6. The van der Waals surface area contributed by atoms with Gasteiger partial charge in [-0.3, -0.25) is 9.59 Å². The molecule has 1 atom stereocenters. The fourth-order valence-corrected chi connectivity index (χ4v) is 4.36. The Balaban J connectivity index is 1.51. The number of fused-ring (bicyclic) bond motifs is 1. The van der Waals surface area contributed by atoms with Gasteiger partial charge in [0.15, 0.2) is 17.4 Å². The second-order valence-electron chi connectivity index (χ2n) is 10.7. The van der Waals surface area contributed by atoms with Crippen molar-refractivity contribution in [1.29, 1.82) is 0 Å². The quantitative estimate of drug-likeness (QED) is 0.443. The first-order valence-corrected chi connectivity index (χ1v) is 13.3. The highest BCUT2D eigenvalue weighted by atomic mass is 35.5. The fourth-order valence-electron chi connectivity index (χ4n) is 4.22. The van der Waals surface area contributed by atoms with Gasteiger partial charge in [-0.15, -0.1) is 0 Å². The van der Waals surface area contributed by atoms with Crippen LogP contribution in [-0.2, 0) is 16.6 Å². The first-order chi connectivity index (χ1) is 18.9. The maximum atomic E-state index is 12.6. The molecule has 1 unspecified atom stereocenters. The number of rotatable bonds is 5. The summed E-state index contributed by atoms with van der Waals surface area (Å²) in [6, 6.07) is 7.03. The third kappa shape index (κ3) is 7.30. The molecule has 4 rings (SSSR count). The van der Waals surface area contributed by atoms with Gasteiger partial charge in [0.2, 0.25) is 5.82 Å². The number of benzene rings is 1. The molecule has 1 fully saturated rings. The van der Waals surface area contributed by atoms with Crippen LogP contribution in [0.1, 0.15) is 46.4 Å². The lowest BCUT2D eigenvalue weighted by Gasteiger charge is -2.32. The Kier molecular flexibility index (Phi) is 8.64. The van der Waals surface area contributed by atoms with Crippen molar-refractivity contribution in [3.63, 3.8) is 0 Å². The molecule has 3 heterocycles. The van der Waals surface area contributed by atoms with E-state index in [9.17, 15) is 14.4 Å². The highest BCUT2D eigenvalue weighted by Gasteiger charge is 2.27. The molecule has 1 aliphatic heterocycles. The van der Waals surface area contributed by atoms with E-state index in [0.717, 1.165) is 18.2 Å². The monoisotopic (exact) mass is 565 g/mol. The number of halogens is 1. The molecular weight excluding hydrogens is 534 g/mol. The summed E-state index contributed by atoms with van der Waals surface area (Å²) in [4.78, 5) is 46.8. The number of hydrogen-bond acceptors (Lipinski definition) is 8. The van der Waals surface area contributed by atoms with Crippen LogP contribution in [0.4, 0.5) is 16.3 Å². The normalized spacial score (nSPS) is 15.2. The molecule has 1 aromatic carbocycles. The predicted molar refractivity (Wildman–Crippen MR) is 153 cm³/mol. The molecule has 0 saturated carbocycles. The SMILES string of the molecule is CC(=O)COc1cc2cc(Nc3nc(C#CC4CCCN(C(=O)OC(C)(C)C)C4)ncc3Cl)ccc2n(C)c1=O. The Morgan fingerprint density at radius 2 is 2.02 bits per heavy atom. The lowest BCUT2D eigenvalue weighted by atomic mass is 9.99. The van der Waals surface area contributed by atoms with Gasteiger partial charge in [-0.1, -0.05) is 17.5 Å². The summed E-state index contributed by atoms with van der Waals surface area (Å²) in [5, 5.41) is 4.22. The molecule has 0 spiro atoms. The summed E-state index contributed by atoms with van der Waals surface area (Å²) in [7, 11) is 1.64. The largest absolute Gasteiger partial charge is 0.480 e. The lowest BCUT2D eigenvalue weighted by molar-refractivity contribution is -0.118.